The van der Waals surface area contributed by atoms with Gasteiger partial charge in [-0.05, 0) is 60.9 Å². The van der Waals surface area contributed by atoms with Gasteiger partial charge in [0, 0.05) is 45.5 Å². The van der Waals surface area contributed by atoms with Gasteiger partial charge in [0.1, 0.15) is 0 Å². The minimum absolute atomic E-state index is 0.167. The number of hydrogen-bond donors (Lipinski definition) is 0. The van der Waals surface area contributed by atoms with E-state index in [2.05, 4.69) is 17.1 Å². The van der Waals surface area contributed by atoms with Crippen LogP contribution in [0.3, 0.4) is 0 Å². The molecule has 0 bridgehead atoms. The van der Waals surface area contributed by atoms with E-state index in [-0.39, 0.29) is 17.7 Å². The van der Waals surface area contributed by atoms with Crippen molar-refractivity contribution >= 4 is 11.8 Å². The summed E-state index contributed by atoms with van der Waals surface area (Å²) < 4.78 is 0. The fourth-order valence-electron chi connectivity index (χ4n) is 4.54. The lowest BCUT2D eigenvalue weighted by atomic mass is 9.71. The summed E-state index contributed by atoms with van der Waals surface area (Å²) >= 11 is 0. The molecule has 29 heavy (non-hydrogen) atoms. The summed E-state index contributed by atoms with van der Waals surface area (Å²) in [6.07, 6.45) is 7.77. The SMILES string of the molecule is CN(C)C(=O)C1(Cc2ccccc2-c2ccncc2)CCN(C(=O)C2CC2)CC1. The van der Waals surface area contributed by atoms with Crippen LogP contribution in [0.15, 0.2) is 48.8 Å². The average Bonchev–Trinajstić information content (AvgIpc) is 3.59. The molecule has 5 nitrogen and oxygen atoms in total. The Hall–Kier alpha value is -2.69. The predicted octanol–water partition coefficient (Wildman–Crippen LogP) is 3.40. The topological polar surface area (TPSA) is 53.5 Å². The van der Waals surface area contributed by atoms with Crippen LogP contribution in [0.5, 0.6) is 0 Å². The number of rotatable bonds is 5. The van der Waals surface area contributed by atoms with Crippen molar-refractivity contribution in [2.45, 2.75) is 32.1 Å². The van der Waals surface area contributed by atoms with Gasteiger partial charge in [0.15, 0.2) is 0 Å². The van der Waals surface area contributed by atoms with E-state index in [1.165, 1.54) is 5.56 Å². The molecule has 1 saturated heterocycles. The number of benzene rings is 1. The van der Waals surface area contributed by atoms with Crippen LogP contribution in [0.1, 0.15) is 31.2 Å². The van der Waals surface area contributed by atoms with Gasteiger partial charge in [-0.2, -0.15) is 0 Å². The van der Waals surface area contributed by atoms with E-state index in [4.69, 9.17) is 0 Å². The Morgan fingerprint density at radius 2 is 1.72 bits per heavy atom. The van der Waals surface area contributed by atoms with Crippen LogP contribution in [-0.4, -0.2) is 53.8 Å². The first kappa shape index (κ1) is 19.6. The smallest absolute Gasteiger partial charge is 0.228 e. The van der Waals surface area contributed by atoms with E-state index >= 15 is 0 Å². The van der Waals surface area contributed by atoms with E-state index in [1.54, 1.807) is 17.3 Å². The summed E-state index contributed by atoms with van der Waals surface area (Å²) in [5.41, 5.74) is 2.98. The molecule has 0 radical (unpaired) electrons. The van der Waals surface area contributed by atoms with E-state index in [9.17, 15) is 9.59 Å². The molecular weight excluding hydrogens is 362 g/mol. The summed E-state index contributed by atoms with van der Waals surface area (Å²) in [4.78, 5) is 33.6. The highest BCUT2D eigenvalue weighted by Gasteiger charge is 2.45. The van der Waals surface area contributed by atoms with Gasteiger partial charge in [0.2, 0.25) is 11.8 Å². The van der Waals surface area contributed by atoms with Gasteiger partial charge in [-0.3, -0.25) is 14.6 Å². The van der Waals surface area contributed by atoms with Gasteiger partial charge in [-0.1, -0.05) is 24.3 Å². The van der Waals surface area contributed by atoms with E-state index in [0.717, 1.165) is 24.0 Å². The van der Waals surface area contributed by atoms with Gasteiger partial charge in [0.05, 0.1) is 5.41 Å². The van der Waals surface area contributed by atoms with Crippen LogP contribution in [0, 0.1) is 11.3 Å². The minimum Gasteiger partial charge on any atom is -0.348 e. The number of carbonyl (C=O) groups is 2. The molecule has 0 unspecified atom stereocenters. The second-order valence-electron chi connectivity index (χ2n) is 8.65. The van der Waals surface area contributed by atoms with Crippen molar-refractivity contribution in [3.63, 3.8) is 0 Å². The monoisotopic (exact) mass is 391 g/mol. The molecule has 2 heterocycles. The van der Waals surface area contributed by atoms with Crippen molar-refractivity contribution in [1.29, 1.82) is 0 Å². The molecule has 2 aliphatic rings. The number of carbonyl (C=O) groups excluding carboxylic acids is 2. The zero-order chi connectivity index (χ0) is 20.4. The van der Waals surface area contributed by atoms with Gasteiger partial charge >= 0.3 is 0 Å². The molecular formula is C24H29N3O2. The molecule has 0 spiro atoms. The molecule has 4 rings (SSSR count). The molecule has 5 heteroatoms. The highest BCUT2D eigenvalue weighted by Crippen LogP contribution is 2.40. The Bertz CT molecular complexity index is 882. The Morgan fingerprint density at radius 1 is 1.07 bits per heavy atom. The molecule has 2 fully saturated rings. The molecule has 2 amide bonds. The summed E-state index contributed by atoms with van der Waals surface area (Å²) in [6, 6.07) is 12.3. The highest BCUT2D eigenvalue weighted by molar-refractivity contribution is 5.85. The maximum absolute atomic E-state index is 13.3. The first-order valence-corrected chi connectivity index (χ1v) is 10.5. The number of aromatic nitrogens is 1. The van der Waals surface area contributed by atoms with Crippen LogP contribution in [0.4, 0.5) is 0 Å². The van der Waals surface area contributed by atoms with Gasteiger partial charge in [-0.25, -0.2) is 0 Å². The second-order valence-corrected chi connectivity index (χ2v) is 8.65. The highest BCUT2D eigenvalue weighted by atomic mass is 16.2. The number of likely N-dealkylation sites (tertiary alicyclic amines) is 1. The Morgan fingerprint density at radius 3 is 2.34 bits per heavy atom. The van der Waals surface area contributed by atoms with Crippen molar-refractivity contribution in [3.05, 3.63) is 54.4 Å². The largest absolute Gasteiger partial charge is 0.348 e. The molecule has 1 aliphatic carbocycles. The van der Waals surface area contributed by atoms with Crippen LogP contribution >= 0.6 is 0 Å². The number of hydrogen-bond acceptors (Lipinski definition) is 3. The average molecular weight is 392 g/mol. The zero-order valence-corrected chi connectivity index (χ0v) is 17.3. The first-order chi connectivity index (χ1) is 14.0. The van der Waals surface area contributed by atoms with E-state index in [1.807, 2.05) is 43.3 Å². The van der Waals surface area contributed by atoms with Crippen molar-refractivity contribution in [2.75, 3.05) is 27.2 Å². The Kier molecular flexibility index (Phi) is 5.39. The molecule has 1 saturated carbocycles. The maximum atomic E-state index is 13.3. The second kappa shape index (κ2) is 7.97. The Balaban J connectivity index is 1.61. The van der Waals surface area contributed by atoms with E-state index in [0.29, 0.717) is 32.4 Å². The third-order valence-corrected chi connectivity index (χ3v) is 6.36. The minimum atomic E-state index is -0.465. The third kappa shape index (κ3) is 4.04. The standard InChI is InChI=1S/C24H29N3O2/c1-26(2)23(29)24(11-15-27(16-12-24)22(28)19-7-8-19)17-20-5-3-4-6-21(20)18-9-13-25-14-10-18/h3-6,9-10,13-14,19H,7-8,11-12,15-17H2,1-2H3. The van der Waals surface area contributed by atoms with Crippen LogP contribution < -0.4 is 0 Å². The zero-order valence-electron chi connectivity index (χ0n) is 17.3. The fraction of sp³-hybridized carbons (Fsp3) is 0.458. The number of pyridine rings is 1. The molecule has 0 atom stereocenters. The molecule has 152 valence electrons. The molecule has 1 aliphatic heterocycles. The number of amides is 2. The van der Waals surface area contributed by atoms with Gasteiger partial charge in [0.25, 0.3) is 0 Å². The molecule has 1 aromatic heterocycles. The van der Waals surface area contributed by atoms with Crippen molar-refractivity contribution in [1.82, 2.24) is 14.8 Å². The summed E-state index contributed by atoms with van der Waals surface area (Å²) in [7, 11) is 3.67. The van der Waals surface area contributed by atoms with Gasteiger partial charge in [-0.15, -0.1) is 0 Å². The molecule has 1 aromatic carbocycles. The number of nitrogens with zero attached hydrogens (tertiary/aromatic N) is 3. The summed E-state index contributed by atoms with van der Waals surface area (Å²) in [5, 5.41) is 0. The lowest BCUT2D eigenvalue weighted by Crippen LogP contribution is -2.51. The lowest BCUT2D eigenvalue weighted by Gasteiger charge is -2.42. The Labute approximate surface area is 172 Å². The van der Waals surface area contributed by atoms with Gasteiger partial charge < -0.3 is 9.80 Å². The summed E-state index contributed by atoms with van der Waals surface area (Å²) in [6.45, 7) is 1.35. The predicted molar refractivity (Wildman–Crippen MR) is 113 cm³/mol. The molecule has 2 aromatic rings. The lowest BCUT2D eigenvalue weighted by molar-refractivity contribution is -0.146. The number of piperidine rings is 1. The van der Waals surface area contributed by atoms with Crippen molar-refractivity contribution in [2.24, 2.45) is 11.3 Å². The fourth-order valence-corrected chi connectivity index (χ4v) is 4.54. The van der Waals surface area contributed by atoms with Crippen LogP contribution in [-0.2, 0) is 16.0 Å². The maximum Gasteiger partial charge on any atom is 0.228 e. The normalized spacial score (nSPS) is 18.3. The van der Waals surface area contributed by atoms with Crippen molar-refractivity contribution in [3.8, 4) is 11.1 Å². The summed E-state index contributed by atoms with van der Waals surface area (Å²) in [5.74, 6) is 0.688. The molecule has 0 N–H and O–H groups in total. The van der Waals surface area contributed by atoms with Crippen molar-refractivity contribution < 1.29 is 9.59 Å². The third-order valence-electron chi connectivity index (χ3n) is 6.36. The van der Waals surface area contributed by atoms with Crippen LogP contribution in [0.25, 0.3) is 11.1 Å². The quantitative estimate of drug-likeness (QED) is 0.785. The van der Waals surface area contributed by atoms with Crippen LogP contribution in [0.2, 0.25) is 0 Å². The first-order valence-electron chi connectivity index (χ1n) is 10.5. The van der Waals surface area contributed by atoms with E-state index < -0.39 is 5.41 Å².